The zero-order chi connectivity index (χ0) is 15.3. The van der Waals surface area contributed by atoms with Crippen LogP contribution >= 0.6 is 0 Å². The topological polar surface area (TPSA) is 79.7 Å². The smallest absolute Gasteiger partial charge is 0.410 e. The first-order valence-electron chi connectivity index (χ1n) is 6.28. The number of amides is 1. The van der Waals surface area contributed by atoms with Crippen LogP contribution in [-0.4, -0.2) is 45.7 Å². The molecular formula is C14H20N2O4. The molecule has 6 nitrogen and oxygen atoms in total. The molecule has 1 rings (SSSR count). The van der Waals surface area contributed by atoms with Crippen LogP contribution in [0.2, 0.25) is 0 Å². The summed E-state index contributed by atoms with van der Waals surface area (Å²) in [6, 6.07) is 2.50. The van der Waals surface area contributed by atoms with Crippen molar-refractivity contribution >= 4 is 12.1 Å². The van der Waals surface area contributed by atoms with Gasteiger partial charge in [-0.15, -0.1) is 0 Å². The van der Waals surface area contributed by atoms with Crippen LogP contribution in [0.15, 0.2) is 24.5 Å². The Morgan fingerprint density at radius 2 is 2.10 bits per heavy atom. The van der Waals surface area contributed by atoms with Crippen LogP contribution < -0.4 is 0 Å². The van der Waals surface area contributed by atoms with Gasteiger partial charge < -0.3 is 9.84 Å². The van der Waals surface area contributed by atoms with Crippen LogP contribution in [0, 0.1) is 0 Å². The zero-order valence-electron chi connectivity index (χ0n) is 12.2. The van der Waals surface area contributed by atoms with Gasteiger partial charge in [0.1, 0.15) is 11.6 Å². The highest BCUT2D eigenvalue weighted by Crippen LogP contribution is 2.13. The lowest BCUT2D eigenvalue weighted by Gasteiger charge is -2.28. The second kappa shape index (κ2) is 6.36. The minimum atomic E-state index is -1.08. The van der Waals surface area contributed by atoms with Crippen LogP contribution in [0.5, 0.6) is 0 Å². The number of likely N-dealkylation sites (N-methyl/N-ethyl adjacent to an activating group) is 1. The van der Waals surface area contributed by atoms with E-state index in [0.29, 0.717) is 0 Å². The second-order valence-electron chi connectivity index (χ2n) is 5.51. The van der Waals surface area contributed by atoms with E-state index in [2.05, 4.69) is 4.98 Å². The summed E-state index contributed by atoms with van der Waals surface area (Å²) in [5, 5.41) is 9.28. The molecule has 110 valence electrons. The fourth-order valence-corrected chi connectivity index (χ4v) is 1.59. The molecule has 1 aromatic rings. The number of aromatic nitrogens is 1. The molecule has 1 unspecified atom stereocenters. The van der Waals surface area contributed by atoms with Gasteiger partial charge in [-0.25, -0.2) is 9.59 Å². The van der Waals surface area contributed by atoms with Crippen molar-refractivity contribution in [2.75, 3.05) is 7.05 Å². The first kappa shape index (κ1) is 15.9. The maximum Gasteiger partial charge on any atom is 0.410 e. The van der Waals surface area contributed by atoms with Crippen molar-refractivity contribution in [1.82, 2.24) is 9.88 Å². The number of rotatable bonds is 4. The van der Waals surface area contributed by atoms with Gasteiger partial charge >= 0.3 is 12.1 Å². The fraction of sp³-hybridized carbons (Fsp3) is 0.500. The normalized spacial score (nSPS) is 12.6. The summed E-state index contributed by atoms with van der Waals surface area (Å²) < 4.78 is 5.18. The third kappa shape index (κ3) is 4.87. The molecule has 0 saturated carbocycles. The van der Waals surface area contributed by atoms with Gasteiger partial charge in [-0.2, -0.15) is 0 Å². The Hall–Kier alpha value is -2.11. The van der Waals surface area contributed by atoms with Gasteiger partial charge in [0.2, 0.25) is 0 Å². The van der Waals surface area contributed by atoms with Crippen molar-refractivity contribution in [2.24, 2.45) is 0 Å². The maximum atomic E-state index is 11.9. The number of nitrogens with zero attached hydrogens (tertiary/aromatic N) is 2. The van der Waals surface area contributed by atoms with Crippen LogP contribution in [0.25, 0.3) is 0 Å². The van der Waals surface area contributed by atoms with Gasteiger partial charge in [-0.3, -0.25) is 9.88 Å². The first-order chi connectivity index (χ1) is 9.20. The summed E-state index contributed by atoms with van der Waals surface area (Å²) in [5.74, 6) is -1.08. The molecule has 6 heteroatoms. The van der Waals surface area contributed by atoms with Gasteiger partial charge in [0.15, 0.2) is 0 Å². The SMILES string of the molecule is CN(C(=O)OC(C)(C)C)C(Cc1cccnc1)C(=O)O. The van der Waals surface area contributed by atoms with E-state index in [-0.39, 0.29) is 6.42 Å². The van der Waals surface area contributed by atoms with E-state index in [0.717, 1.165) is 10.5 Å². The number of carbonyl (C=O) groups excluding carboxylic acids is 1. The average molecular weight is 280 g/mol. The summed E-state index contributed by atoms with van der Waals surface area (Å²) in [6.45, 7) is 5.20. The molecule has 1 amide bonds. The number of carboxylic acids is 1. The number of pyridine rings is 1. The fourth-order valence-electron chi connectivity index (χ4n) is 1.59. The number of aliphatic carboxylic acids is 1. The van der Waals surface area contributed by atoms with E-state index in [1.54, 1.807) is 45.3 Å². The summed E-state index contributed by atoms with van der Waals surface area (Å²) in [4.78, 5) is 28.3. The third-order valence-electron chi connectivity index (χ3n) is 2.59. The van der Waals surface area contributed by atoms with E-state index in [9.17, 15) is 14.7 Å². The van der Waals surface area contributed by atoms with E-state index >= 15 is 0 Å². The Balaban J connectivity index is 2.81. The number of carbonyl (C=O) groups is 2. The molecule has 1 N–H and O–H groups in total. The highest BCUT2D eigenvalue weighted by atomic mass is 16.6. The summed E-state index contributed by atoms with van der Waals surface area (Å²) in [6.07, 6.45) is 2.71. The predicted molar refractivity (Wildman–Crippen MR) is 73.4 cm³/mol. The molecule has 0 aliphatic heterocycles. The van der Waals surface area contributed by atoms with Crippen molar-refractivity contribution in [1.29, 1.82) is 0 Å². The van der Waals surface area contributed by atoms with Crippen LogP contribution in [0.4, 0.5) is 4.79 Å². The van der Waals surface area contributed by atoms with E-state index in [4.69, 9.17) is 4.74 Å². The van der Waals surface area contributed by atoms with Crippen LogP contribution in [0.3, 0.4) is 0 Å². The minimum absolute atomic E-state index is 0.179. The number of hydrogen-bond donors (Lipinski definition) is 1. The molecule has 20 heavy (non-hydrogen) atoms. The Kier molecular flexibility index (Phi) is 5.07. The molecule has 0 spiro atoms. The zero-order valence-corrected chi connectivity index (χ0v) is 12.2. The largest absolute Gasteiger partial charge is 0.480 e. The third-order valence-corrected chi connectivity index (χ3v) is 2.59. The summed E-state index contributed by atoms with van der Waals surface area (Å²) in [5.41, 5.74) is 0.0817. The minimum Gasteiger partial charge on any atom is -0.480 e. The van der Waals surface area contributed by atoms with Gasteiger partial charge in [-0.1, -0.05) is 6.07 Å². The van der Waals surface area contributed by atoms with Gasteiger partial charge in [0, 0.05) is 25.9 Å². The van der Waals surface area contributed by atoms with Gasteiger partial charge in [0.25, 0.3) is 0 Å². The number of ether oxygens (including phenoxy) is 1. The molecule has 0 radical (unpaired) electrons. The molecule has 0 bridgehead atoms. The average Bonchev–Trinajstić information content (AvgIpc) is 2.34. The number of hydrogen-bond acceptors (Lipinski definition) is 4. The Bertz CT molecular complexity index is 468. The van der Waals surface area contributed by atoms with Gasteiger partial charge in [-0.05, 0) is 32.4 Å². The lowest BCUT2D eigenvalue weighted by molar-refractivity contribution is -0.142. The number of carboxylic acid groups (broad SMARTS) is 1. The monoisotopic (exact) mass is 280 g/mol. The van der Waals surface area contributed by atoms with Crippen molar-refractivity contribution in [3.63, 3.8) is 0 Å². The lowest BCUT2D eigenvalue weighted by Crippen LogP contribution is -2.46. The Labute approximate surface area is 118 Å². The summed E-state index contributed by atoms with van der Waals surface area (Å²) >= 11 is 0. The molecule has 1 atom stereocenters. The molecule has 0 aliphatic rings. The molecule has 1 aromatic heterocycles. The summed E-state index contributed by atoms with van der Waals surface area (Å²) in [7, 11) is 1.42. The molecule has 1 heterocycles. The quantitative estimate of drug-likeness (QED) is 0.911. The van der Waals surface area contributed by atoms with E-state index < -0.39 is 23.7 Å². The highest BCUT2D eigenvalue weighted by molar-refractivity contribution is 5.80. The Morgan fingerprint density at radius 1 is 1.45 bits per heavy atom. The standard InChI is InChI=1S/C14H20N2O4/c1-14(2,3)20-13(19)16(4)11(12(17)18)8-10-6-5-7-15-9-10/h5-7,9,11H,8H2,1-4H3,(H,17,18). The van der Waals surface area contributed by atoms with Crippen molar-refractivity contribution < 1.29 is 19.4 Å². The second-order valence-corrected chi connectivity index (χ2v) is 5.51. The van der Waals surface area contributed by atoms with E-state index in [1.165, 1.54) is 7.05 Å². The molecule has 0 fully saturated rings. The van der Waals surface area contributed by atoms with Crippen molar-refractivity contribution in [3.05, 3.63) is 30.1 Å². The van der Waals surface area contributed by atoms with Crippen LogP contribution in [0.1, 0.15) is 26.3 Å². The first-order valence-corrected chi connectivity index (χ1v) is 6.28. The van der Waals surface area contributed by atoms with Crippen molar-refractivity contribution in [2.45, 2.75) is 38.8 Å². The molecular weight excluding hydrogens is 260 g/mol. The van der Waals surface area contributed by atoms with Crippen LogP contribution in [-0.2, 0) is 16.0 Å². The highest BCUT2D eigenvalue weighted by Gasteiger charge is 2.30. The molecule has 0 saturated heterocycles. The maximum absolute atomic E-state index is 11.9. The van der Waals surface area contributed by atoms with Gasteiger partial charge in [0.05, 0.1) is 0 Å². The van der Waals surface area contributed by atoms with Crippen molar-refractivity contribution in [3.8, 4) is 0 Å². The lowest BCUT2D eigenvalue weighted by atomic mass is 10.1. The Morgan fingerprint density at radius 3 is 2.55 bits per heavy atom. The molecule has 0 aliphatic carbocycles. The van der Waals surface area contributed by atoms with E-state index in [1.807, 2.05) is 0 Å². The predicted octanol–water partition coefficient (Wildman–Crippen LogP) is 1.94. The molecule has 0 aromatic carbocycles.